The number of aromatic amines is 1. The van der Waals surface area contributed by atoms with E-state index in [0.717, 1.165) is 41.6 Å². The predicted octanol–water partition coefficient (Wildman–Crippen LogP) is 5.53. The second kappa shape index (κ2) is 7.12. The number of rotatable bonds is 3. The molecule has 0 unspecified atom stereocenters. The summed E-state index contributed by atoms with van der Waals surface area (Å²) in [4.78, 5) is 14.7. The monoisotopic (exact) mass is 368 g/mol. The van der Waals surface area contributed by atoms with E-state index in [0.29, 0.717) is 0 Å². The lowest BCUT2D eigenvalue weighted by Crippen LogP contribution is -2.33. The Morgan fingerprint density at radius 3 is 2.43 bits per heavy atom. The molecule has 28 heavy (non-hydrogen) atoms. The van der Waals surface area contributed by atoms with Gasteiger partial charge in [-0.25, -0.2) is 4.98 Å². The molecule has 1 fully saturated rings. The van der Waals surface area contributed by atoms with E-state index < -0.39 is 0 Å². The summed E-state index contributed by atoms with van der Waals surface area (Å²) in [6.45, 7) is 4.54. The third-order valence-electron chi connectivity index (χ3n) is 5.80. The molecule has 1 aromatic carbocycles. The van der Waals surface area contributed by atoms with Crippen LogP contribution < -0.4 is 4.90 Å². The van der Waals surface area contributed by atoms with Gasteiger partial charge in [-0.3, -0.25) is 4.98 Å². The van der Waals surface area contributed by atoms with E-state index in [-0.39, 0.29) is 0 Å². The van der Waals surface area contributed by atoms with Crippen LogP contribution in [0.2, 0.25) is 0 Å². The Morgan fingerprint density at radius 2 is 1.61 bits per heavy atom. The van der Waals surface area contributed by atoms with Gasteiger partial charge in [0, 0.05) is 53.8 Å². The van der Waals surface area contributed by atoms with E-state index in [1.54, 1.807) is 0 Å². The first-order valence-corrected chi connectivity index (χ1v) is 10.0. The van der Waals surface area contributed by atoms with Crippen LogP contribution in [0.5, 0.6) is 0 Å². The Labute approximate surface area is 165 Å². The summed E-state index contributed by atoms with van der Waals surface area (Å²) in [5.41, 5.74) is 5.86. The zero-order valence-electron chi connectivity index (χ0n) is 16.1. The molecule has 0 atom stereocenters. The number of pyridine rings is 2. The van der Waals surface area contributed by atoms with E-state index in [1.807, 2.05) is 30.7 Å². The summed E-state index contributed by atoms with van der Waals surface area (Å²) in [6, 6.07) is 17.2. The van der Waals surface area contributed by atoms with E-state index in [4.69, 9.17) is 0 Å². The molecule has 140 valence electrons. The van der Waals surface area contributed by atoms with Gasteiger partial charge in [-0.15, -0.1) is 0 Å². The van der Waals surface area contributed by atoms with Gasteiger partial charge in [0.15, 0.2) is 0 Å². The number of anilines is 1. The van der Waals surface area contributed by atoms with Crippen molar-refractivity contribution in [1.29, 1.82) is 0 Å². The van der Waals surface area contributed by atoms with Crippen LogP contribution in [0.15, 0.2) is 67.1 Å². The molecule has 0 spiro atoms. The number of benzene rings is 1. The van der Waals surface area contributed by atoms with Crippen LogP contribution in [0.1, 0.15) is 19.8 Å². The topological polar surface area (TPSA) is 44.8 Å². The normalized spacial score (nSPS) is 15.2. The molecule has 3 aromatic heterocycles. The molecule has 1 aliphatic heterocycles. The van der Waals surface area contributed by atoms with Gasteiger partial charge in [-0.1, -0.05) is 13.0 Å². The highest BCUT2D eigenvalue weighted by Gasteiger charge is 2.17. The quantitative estimate of drug-likeness (QED) is 0.517. The van der Waals surface area contributed by atoms with Crippen molar-refractivity contribution in [2.75, 3.05) is 18.0 Å². The van der Waals surface area contributed by atoms with Crippen molar-refractivity contribution in [1.82, 2.24) is 15.0 Å². The van der Waals surface area contributed by atoms with Gasteiger partial charge < -0.3 is 9.88 Å². The third-order valence-corrected chi connectivity index (χ3v) is 5.80. The maximum absolute atomic E-state index is 4.63. The van der Waals surface area contributed by atoms with E-state index in [1.165, 1.54) is 29.4 Å². The third kappa shape index (κ3) is 3.26. The average Bonchev–Trinajstić information content (AvgIpc) is 3.18. The number of nitrogens with one attached hydrogen (secondary N) is 1. The summed E-state index contributed by atoms with van der Waals surface area (Å²) in [7, 11) is 0. The van der Waals surface area contributed by atoms with Gasteiger partial charge in [0.2, 0.25) is 0 Å². The van der Waals surface area contributed by atoms with Crippen molar-refractivity contribution in [3.8, 4) is 22.4 Å². The fraction of sp³-hybridized carbons (Fsp3) is 0.250. The zero-order chi connectivity index (χ0) is 18.9. The van der Waals surface area contributed by atoms with Gasteiger partial charge in [-0.2, -0.15) is 0 Å². The number of hydrogen-bond acceptors (Lipinski definition) is 3. The van der Waals surface area contributed by atoms with Crippen LogP contribution in [0, 0.1) is 5.92 Å². The van der Waals surface area contributed by atoms with Crippen molar-refractivity contribution in [3.05, 3.63) is 67.1 Å². The highest BCUT2D eigenvalue weighted by atomic mass is 15.2. The van der Waals surface area contributed by atoms with Crippen LogP contribution in [0.3, 0.4) is 0 Å². The lowest BCUT2D eigenvalue weighted by Gasteiger charge is -2.31. The molecule has 0 radical (unpaired) electrons. The van der Waals surface area contributed by atoms with Crippen molar-refractivity contribution >= 4 is 16.7 Å². The standard InChI is InChI=1S/C24H24N4/c1-17-7-12-28(13-8-17)24-16-20(6-11-26-24)19-2-3-22-21(14-19)15-23(27-22)18-4-9-25-10-5-18/h2-6,9-11,14-17,27H,7-8,12-13H2,1H3. The molecule has 0 aliphatic carbocycles. The second-order valence-corrected chi connectivity index (χ2v) is 7.79. The Kier molecular flexibility index (Phi) is 4.32. The molecule has 1 saturated heterocycles. The molecule has 0 saturated carbocycles. The van der Waals surface area contributed by atoms with Crippen LogP contribution in [-0.2, 0) is 0 Å². The Bertz CT molecular complexity index is 1090. The van der Waals surface area contributed by atoms with Crippen LogP contribution >= 0.6 is 0 Å². The number of nitrogens with zero attached hydrogens (tertiary/aromatic N) is 3. The maximum atomic E-state index is 4.63. The summed E-state index contributed by atoms with van der Waals surface area (Å²) in [5, 5.41) is 1.22. The molecule has 0 bridgehead atoms. The van der Waals surface area contributed by atoms with Gasteiger partial charge in [0.25, 0.3) is 0 Å². The lowest BCUT2D eigenvalue weighted by molar-refractivity contribution is 0.436. The molecule has 1 aliphatic rings. The van der Waals surface area contributed by atoms with Crippen molar-refractivity contribution in [2.45, 2.75) is 19.8 Å². The van der Waals surface area contributed by atoms with E-state index in [9.17, 15) is 0 Å². The van der Waals surface area contributed by atoms with Crippen LogP contribution in [-0.4, -0.2) is 28.0 Å². The van der Waals surface area contributed by atoms with E-state index in [2.05, 4.69) is 63.2 Å². The number of hydrogen-bond donors (Lipinski definition) is 1. The first-order valence-electron chi connectivity index (χ1n) is 10.0. The summed E-state index contributed by atoms with van der Waals surface area (Å²) in [5.74, 6) is 1.92. The number of H-pyrrole nitrogens is 1. The summed E-state index contributed by atoms with van der Waals surface area (Å²) < 4.78 is 0. The van der Waals surface area contributed by atoms with Crippen molar-refractivity contribution < 1.29 is 0 Å². The first-order chi connectivity index (χ1) is 13.8. The number of fused-ring (bicyclic) bond motifs is 1. The number of aromatic nitrogens is 3. The molecule has 0 amide bonds. The van der Waals surface area contributed by atoms with Crippen molar-refractivity contribution in [2.24, 2.45) is 5.92 Å². The summed E-state index contributed by atoms with van der Waals surface area (Å²) >= 11 is 0. The molecule has 4 heterocycles. The Morgan fingerprint density at radius 1 is 0.857 bits per heavy atom. The average molecular weight is 368 g/mol. The smallest absolute Gasteiger partial charge is 0.129 e. The fourth-order valence-electron chi connectivity index (χ4n) is 4.01. The molecule has 4 heteroatoms. The largest absolute Gasteiger partial charge is 0.357 e. The first kappa shape index (κ1) is 17.0. The lowest BCUT2D eigenvalue weighted by atomic mass is 9.99. The maximum Gasteiger partial charge on any atom is 0.129 e. The predicted molar refractivity (Wildman–Crippen MR) is 115 cm³/mol. The minimum absolute atomic E-state index is 0.824. The summed E-state index contributed by atoms with van der Waals surface area (Å²) in [6.07, 6.45) is 8.09. The molecule has 4 nitrogen and oxygen atoms in total. The van der Waals surface area contributed by atoms with Crippen molar-refractivity contribution in [3.63, 3.8) is 0 Å². The minimum atomic E-state index is 0.824. The molecule has 1 N–H and O–H groups in total. The Hall–Kier alpha value is -3.14. The van der Waals surface area contributed by atoms with Gasteiger partial charge in [0.05, 0.1) is 0 Å². The number of piperidine rings is 1. The van der Waals surface area contributed by atoms with Crippen LogP contribution in [0.4, 0.5) is 5.82 Å². The van der Waals surface area contributed by atoms with Gasteiger partial charge >= 0.3 is 0 Å². The van der Waals surface area contributed by atoms with Gasteiger partial charge in [-0.05, 0) is 72.4 Å². The second-order valence-electron chi connectivity index (χ2n) is 7.79. The van der Waals surface area contributed by atoms with Gasteiger partial charge in [0.1, 0.15) is 5.82 Å². The van der Waals surface area contributed by atoms with E-state index >= 15 is 0 Å². The van der Waals surface area contributed by atoms with Crippen LogP contribution in [0.25, 0.3) is 33.3 Å². The fourth-order valence-corrected chi connectivity index (χ4v) is 4.01. The highest BCUT2D eigenvalue weighted by molar-refractivity contribution is 5.89. The molecule has 5 rings (SSSR count). The zero-order valence-corrected chi connectivity index (χ0v) is 16.1. The highest BCUT2D eigenvalue weighted by Crippen LogP contribution is 2.30. The molecule has 4 aromatic rings. The molecular formula is C24H24N4. The molecular weight excluding hydrogens is 344 g/mol. The minimum Gasteiger partial charge on any atom is -0.357 e. The Balaban J connectivity index is 1.47. The SMILES string of the molecule is CC1CCN(c2cc(-c3ccc4[nH]c(-c5ccncc5)cc4c3)ccn2)CC1.